The average molecular weight is 361 g/mol. The van der Waals surface area contributed by atoms with E-state index in [9.17, 15) is 4.39 Å². The molecule has 0 saturated carbocycles. The average Bonchev–Trinajstić information content (AvgIpc) is 2.90. The fourth-order valence-corrected chi connectivity index (χ4v) is 3.01. The Bertz CT molecular complexity index is 906. The van der Waals surface area contributed by atoms with E-state index in [0.717, 1.165) is 22.5 Å². The van der Waals surface area contributed by atoms with Crippen molar-refractivity contribution in [1.82, 2.24) is 15.2 Å². The summed E-state index contributed by atoms with van der Waals surface area (Å²) in [6.45, 7) is 5.62. The Labute approximate surface area is 150 Å². The van der Waals surface area contributed by atoms with Crippen molar-refractivity contribution in [3.05, 3.63) is 58.3 Å². The number of hydrogen-bond acceptors (Lipinski definition) is 4. The Morgan fingerprint density at radius 1 is 1.28 bits per heavy atom. The normalized spacial score (nSPS) is 12.2. The number of H-pyrrole nitrogens is 1. The zero-order valence-electron chi connectivity index (χ0n) is 14.1. The Kier molecular flexibility index (Phi) is 4.63. The minimum Gasteiger partial charge on any atom is -0.482 e. The molecular weight excluding hydrogens is 343 g/mol. The molecule has 0 amide bonds. The van der Waals surface area contributed by atoms with Gasteiger partial charge < -0.3 is 10.5 Å². The predicted molar refractivity (Wildman–Crippen MR) is 96.2 cm³/mol. The summed E-state index contributed by atoms with van der Waals surface area (Å²) in [7, 11) is 0. The second-order valence-corrected chi connectivity index (χ2v) is 6.25. The minimum atomic E-state index is -0.492. The molecule has 0 aliphatic heterocycles. The molecule has 3 rings (SSSR count). The van der Waals surface area contributed by atoms with Crippen LogP contribution >= 0.6 is 11.6 Å². The lowest BCUT2D eigenvalue weighted by Gasteiger charge is -2.18. The van der Waals surface area contributed by atoms with Crippen LogP contribution in [-0.4, -0.2) is 15.2 Å². The molecule has 0 aliphatic rings. The third-order valence-corrected chi connectivity index (χ3v) is 4.34. The van der Waals surface area contributed by atoms with E-state index in [0.29, 0.717) is 16.3 Å². The van der Waals surface area contributed by atoms with E-state index in [1.807, 2.05) is 13.8 Å². The lowest BCUT2D eigenvalue weighted by molar-refractivity contribution is 0.227. The summed E-state index contributed by atoms with van der Waals surface area (Å²) in [6, 6.07) is 5.96. The van der Waals surface area contributed by atoms with Gasteiger partial charge in [-0.2, -0.15) is 5.10 Å². The molecule has 2 aromatic heterocycles. The molecule has 2 heterocycles. The fourth-order valence-electron chi connectivity index (χ4n) is 2.74. The van der Waals surface area contributed by atoms with Crippen molar-refractivity contribution in [3.8, 4) is 16.9 Å². The van der Waals surface area contributed by atoms with Crippen LogP contribution in [0.2, 0.25) is 5.02 Å². The standard InChI is InChI=1S/C18H18ClFN4O/c1-9-17(10(2)24-23-9)12-6-16(18(21)22-8-12)25-11(3)14-7-13(20)4-5-15(14)19/h4-8,11H,1-3H3,(H2,21,22)(H,23,24). The first kappa shape index (κ1) is 17.2. The molecule has 0 aliphatic carbocycles. The molecule has 0 spiro atoms. The highest BCUT2D eigenvalue weighted by Gasteiger charge is 2.17. The largest absolute Gasteiger partial charge is 0.482 e. The molecule has 5 nitrogen and oxygen atoms in total. The maximum atomic E-state index is 13.5. The van der Waals surface area contributed by atoms with Crippen LogP contribution in [-0.2, 0) is 0 Å². The monoisotopic (exact) mass is 360 g/mol. The van der Waals surface area contributed by atoms with Crippen molar-refractivity contribution in [3.63, 3.8) is 0 Å². The van der Waals surface area contributed by atoms with Crippen molar-refractivity contribution in [1.29, 1.82) is 0 Å². The van der Waals surface area contributed by atoms with Crippen LogP contribution in [0, 0.1) is 19.7 Å². The first-order chi connectivity index (χ1) is 11.9. The number of aromatic amines is 1. The van der Waals surface area contributed by atoms with Gasteiger partial charge in [-0.05, 0) is 45.0 Å². The lowest BCUT2D eigenvalue weighted by atomic mass is 10.1. The number of nitrogens with zero attached hydrogens (tertiary/aromatic N) is 2. The molecule has 0 radical (unpaired) electrons. The number of rotatable bonds is 4. The van der Waals surface area contributed by atoms with Gasteiger partial charge in [0.15, 0.2) is 11.6 Å². The molecule has 3 N–H and O–H groups in total. The first-order valence-electron chi connectivity index (χ1n) is 7.76. The summed E-state index contributed by atoms with van der Waals surface area (Å²) in [5.74, 6) is 0.284. The van der Waals surface area contributed by atoms with Gasteiger partial charge >= 0.3 is 0 Å². The number of aryl methyl sites for hydroxylation is 2. The van der Waals surface area contributed by atoms with Crippen molar-refractivity contribution in [2.45, 2.75) is 26.9 Å². The third-order valence-electron chi connectivity index (χ3n) is 4.00. The molecule has 1 unspecified atom stereocenters. The number of nitrogens with one attached hydrogen (secondary N) is 1. The first-order valence-corrected chi connectivity index (χ1v) is 8.13. The smallest absolute Gasteiger partial charge is 0.166 e. The summed E-state index contributed by atoms with van der Waals surface area (Å²) in [6.07, 6.45) is 1.18. The van der Waals surface area contributed by atoms with E-state index in [2.05, 4.69) is 15.2 Å². The van der Waals surface area contributed by atoms with Gasteiger partial charge in [-0.25, -0.2) is 9.37 Å². The second kappa shape index (κ2) is 6.72. The zero-order chi connectivity index (χ0) is 18.1. The summed E-state index contributed by atoms with van der Waals surface area (Å²) < 4.78 is 19.4. The fraction of sp³-hybridized carbons (Fsp3) is 0.222. The second-order valence-electron chi connectivity index (χ2n) is 5.84. The Balaban J connectivity index is 1.95. The number of anilines is 1. The molecule has 7 heteroatoms. The van der Waals surface area contributed by atoms with Crippen molar-refractivity contribution < 1.29 is 9.13 Å². The Hall–Kier alpha value is -2.60. The minimum absolute atomic E-state index is 0.252. The molecule has 1 atom stereocenters. The summed E-state index contributed by atoms with van der Waals surface area (Å²) in [5.41, 5.74) is 10.1. The van der Waals surface area contributed by atoms with Gasteiger partial charge in [0.2, 0.25) is 0 Å². The summed E-state index contributed by atoms with van der Waals surface area (Å²) in [4.78, 5) is 4.21. The number of benzene rings is 1. The van der Waals surface area contributed by atoms with Gasteiger partial charge in [0.25, 0.3) is 0 Å². The lowest BCUT2D eigenvalue weighted by Crippen LogP contribution is -2.07. The molecule has 25 heavy (non-hydrogen) atoms. The van der Waals surface area contributed by atoms with Crippen LogP contribution in [0.1, 0.15) is 30.0 Å². The van der Waals surface area contributed by atoms with E-state index < -0.39 is 6.10 Å². The highest BCUT2D eigenvalue weighted by atomic mass is 35.5. The zero-order valence-corrected chi connectivity index (χ0v) is 14.9. The van der Waals surface area contributed by atoms with Crippen LogP contribution in [0.4, 0.5) is 10.2 Å². The number of hydrogen-bond donors (Lipinski definition) is 2. The molecule has 130 valence electrons. The van der Waals surface area contributed by atoms with E-state index in [4.69, 9.17) is 22.1 Å². The summed E-state index contributed by atoms with van der Waals surface area (Å²) >= 11 is 6.15. The molecule has 3 aromatic rings. The van der Waals surface area contributed by atoms with Crippen LogP contribution in [0.25, 0.3) is 11.1 Å². The van der Waals surface area contributed by atoms with Crippen LogP contribution in [0.3, 0.4) is 0 Å². The van der Waals surface area contributed by atoms with Gasteiger partial charge in [-0.3, -0.25) is 5.10 Å². The van der Waals surface area contributed by atoms with Gasteiger partial charge in [-0.15, -0.1) is 0 Å². The molecular formula is C18H18ClFN4O. The number of halogens is 2. The SMILES string of the molecule is Cc1n[nH]c(C)c1-c1cnc(N)c(OC(C)c2cc(F)ccc2Cl)c1. The van der Waals surface area contributed by atoms with Gasteiger partial charge in [0.05, 0.1) is 5.69 Å². The maximum absolute atomic E-state index is 13.5. The highest BCUT2D eigenvalue weighted by molar-refractivity contribution is 6.31. The highest BCUT2D eigenvalue weighted by Crippen LogP contribution is 2.34. The number of nitrogens with two attached hydrogens (primary N) is 1. The summed E-state index contributed by atoms with van der Waals surface area (Å²) in [5, 5.41) is 7.56. The number of nitrogen functional groups attached to an aromatic ring is 1. The van der Waals surface area contributed by atoms with Crippen molar-refractivity contribution >= 4 is 17.4 Å². The van der Waals surface area contributed by atoms with Crippen LogP contribution < -0.4 is 10.5 Å². The van der Waals surface area contributed by atoms with Gasteiger partial charge in [0.1, 0.15) is 11.9 Å². The van der Waals surface area contributed by atoms with Gasteiger partial charge in [0, 0.05) is 33.6 Å². The van der Waals surface area contributed by atoms with E-state index in [-0.39, 0.29) is 11.6 Å². The molecule has 0 bridgehead atoms. The van der Waals surface area contributed by atoms with Crippen molar-refractivity contribution in [2.24, 2.45) is 0 Å². The van der Waals surface area contributed by atoms with Crippen LogP contribution in [0.15, 0.2) is 30.5 Å². The Morgan fingerprint density at radius 2 is 2.04 bits per heavy atom. The predicted octanol–water partition coefficient (Wildman–Crippen LogP) is 4.60. The molecule has 0 fully saturated rings. The molecule has 1 aromatic carbocycles. The Morgan fingerprint density at radius 3 is 2.72 bits per heavy atom. The topological polar surface area (TPSA) is 76.8 Å². The number of aromatic nitrogens is 3. The van der Waals surface area contributed by atoms with E-state index in [1.165, 1.54) is 18.2 Å². The number of pyridine rings is 1. The van der Waals surface area contributed by atoms with Crippen molar-refractivity contribution in [2.75, 3.05) is 5.73 Å². The van der Waals surface area contributed by atoms with E-state index in [1.54, 1.807) is 19.2 Å². The maximum Gasteiger partial charge on any atom is 0.166 e. The van der Waals surface area contributed by atoms with Crippen LogP contribution in [0.5, 0.6) is 5.75 Å². The van der Waals surface area contributed by atoms with E-state index >= 15 is 0 Å². The van der Waals surface area contributed by atoms with Gasteiger partial charge in [-0.1, -0.05) is 11.6 Å². The number of ether oxygens (including phenoxy) is 1. The quantitative estimate of drug-likeness (QED) is 0.712. The molecule has 0 saturated heterocycles. The third kappa shape index (κ3) is 3.44.